The molecule has 16 nitrogen and oxygen atoms in total. The number of ketones is 2. The first-order chi connectivity index (χ1) is 35.4. The summed E-state index contributed by atoms with van der Waals surface area (Å²) in [6.45, 7) is 16.0. The number of benzene rings is 2. The normalized spacial score (nSPS) is 18.1. The second kappa shape index (κ2) is 29.5. The van der Waals surface area contributed by atoms with E-state index in [1.807, 2.05) is 75.0 Å². The van der Waals surface area contributed by atoms with Crippen molar-refractivity contribution < 1.29 is 52.6 Å². The fourth-order valence-corrected chi connectivity index (χ4v) is 11.6. The number of thiazole rings is 1. The number of nitrogens with zero attached hydrogens (tertiary/aromatic N) is 5. The number of carbonyl (C=O) groups is 6. The molecule has 1 aromatic heterocycles. The molecule has 2 aromatic carbocycles. The van der Waals surface area contributed by atoms with Gasteiger partial charge in [0.05, 0.1) is 85.9 Å². The number of amides is 4. The molecule has 9 atom stereocenters. The summed E-state index contributed by atoms with van der Waals surface area (Å²) in [5.74, 6) is -2.60. The van der Waals surface area contributed by atoms with Gasteiger partial charge in [0, 0.05) is 76.5 Å². The standard InChI is InChI=1S/C57H83N5O11S/c1-12-39(6)52(49(69-10)36-50(65)61-25-18-23-46(61)53(70-11)40(7)47(63)34-42(54-58-24-32-74-54)33-41-19-14-13-15-20-41)60(9)55(66)45(37(2)3)35-48(64)51(38(4)5)59(8)26-27-71-28-29-72-30-31-73-62-56(67)43-21-16-17-22-44(43)57(62)68/h13-17,19-22,24,32,37-40,42,45-46,49,51-53H,12,18,23,25-31,33-36H2,1-11H3/t39-,40-,42+,45-,46-,49+,51-,52-,53+/m0/s1. The Kier molecular flexibility index (Phi) is 24.0. The van der Waals surface area contributed by atoms with Crippen molar-refractivity contribution in [3.8, 4) is 0 Å². The lowest BCUT2D eigenvalue weighted by Crippen LogP contribution is -2.54. The van der Waals surface area contributed by atoms with Crippen LogP contribution in [0.15, 0.2) is 66.2 Å². The Bertz CT molecular complexity index is 2230. The van der Waals surface area contributed by atoms with Gasteiger partial charge in [0.1, 0.15) is 5.78 Å². The monoisotopic (exact) mass is 1050 g/mol. The number of likely N-dealkylation sites (N-methyl/N-ethyl adjacent to an activating group) is 2. The molecule has 3 heterocycles. The van der Waals surface area contributed by atoms with Crippen molar-refractivity contribution in [1.82, 2.24) is 24.7 Å². The number of hydrogen-bond donors (Lipinski definition) is 0. The van der Waals surface area contributed by atoms with Crippen molar-refractivity contribution in [2.75, 3.05) is 74.4 Å². The van der Waals surface area contributed by atoms with Gasteiger partial charge in [-0.2, -0.15) is 0 Å². The maximum atomic E-state index is 14.7. The second-order valence-corrected chi connectivity index (χ2v) is 21.6. The van der Waals surface area contributed by atoms with Gasteiger partial charge in [-0.05, 0) is 61.8 Å². The molecule has 0 unspecified atom stereocenters. The molecule has 4 amide bonds. The van der Waals surface area contributed by atoms with Crippen LogP contribution in [0.4, 0.5) is 0 Å². The number of aromatic nitrogens is 1. The first kappa shape index (κ1) is 60.1. The highest BCUT2D eigenvalue weighted by atomic mass is 32.1. The number of likely N-dealkylation sites (tertiary alicyclic amines) is 1. The van der Waals surface area contributed by atoms with Crippen LogP contribution in [0.1, 0.15) is 124 Å². The fraction of sp³-hybridized carbons (Fsp3) is 0.632. The average molecular weight is 1050 g/mol. The molecule has 0 spiro atoms. The van der Waals surface area contributed by atoms with Crippen LogP contribution < -0.4 is 0 Å². The molecule has 0 N–H and O–H groups in total. The molecule has 0 saturated carbocycles. The van der Waals surface area contributed by atoms with Crippen LogP contribution >= 0.6 is 11.3 Å². The molecular formula is C57H83N5O11S. The molecule has 1 fully saturated rings. The highest BCUT2D eigenvalue weighted by Gasteiger charge is 2.44. The molecule has 0 bridgehead atoms. The summed E-state index contributed by atoms with van der Waals surface area (Å²) in [7, 11) is 6.87. The van der Waals surface area contributed by atoms with Crippen molar-refractivity contribution in [3.63, 3.8) is 0 Å². The lowest BCUT2D eigenvalue weighted by Gasteiger charge is -2.41. The summed E-state index contributed by atoms with van der Waals surface area (Å²) in [5.41, 5.74) is 1.76. The van der Waals surface area contributed by atoms with E-state index < -0.39 is 47.9 Å². The van der Waals surface area contributed by atoms with Gasteiger partial charge < -0.3 is 28.7 Å². The molecule has 2 aliphatic rings. The number of methoxy groups -OCH3 is 2. The maximum Gasteiger partial charge on any atom is 0.285 e. The summed E-state index contributed by atoms with van der Waals surface area (Å²) in [6.07, 6.45) is 3.94. The summed E-state index contributed by atoms with van der Waals surface area (Å²) in [5, 5.41) is 3.63. The predicted octanol–water partition coefficient (Wildman–Crippen LogP) is 7.80. The zero-order valence-corrected chi connectivity index (χ0v) is 46.6. The van der Waals surface area contributed by atoms with Gasteiger partial charge in [0.2, 0.25) is 11.8 Å². The summed E-state index contributed by atoms with van der Waals surface area (Å²) < 4.78 is 23.7. The third kappa shape index (κ3) is 15.7. The maximum absolute atomic E-state index is 14.7. The van der Waals surface area contributed by atoms with Gasteiger partial charge in [-0.25, -0.2) is 4.98 Å². The molecule has 408 valence electrons. The highest BCUT2D eigenvalue weighted by Crippen LogP contribution is 2.34. The number of imide groups is 1. The van der Waals surface area contributed by atoms with Crippen LogP contribution in [0.25, 0.3) is 0 Å². The predicted molar refractivity (Wildman–Crippen MR) is 284 cm³/mol. The molecule has 17 heteroatoms. The van der Waals surface area contributed by atoms with Crippen LogP contribution in [0.5, 0.6) is 0 Å². The zero-order valence-electron chi connectivity index (χ0n) is 45.7. The van der Waals surface area contributed by atoms with Gasteiger partial charge in [0.25, 0.3) is 11.8 Å². The molecule has 0 aliphatic carbocycles. The molecule has 74 heavy (non-hydrogen) atoms. The van der Waals surface area contributed by atoms with E-state index in [1.54, 1.807) is 68.0 Å². The smallest absolute Gasteiger partial charge is 0.285 e. The van der Waals surface area contributed by atoms with Crippen molar-refractivity contribution in [2.24, 2.45) is 29.6 Å². The van der Waals surface area contributed by atoms with Crippen LogP contribution in [-0.2, 0) is 49.4 Å². The van der Waals surface area contributed by atoms with E-state index in [2.05, 4.69) is 31.0 Å². The summed E-state index contributed by atoms with van der Waals surface area (Å²) in [4.78, 5) is 98.3. The van der Waals surface area contributed by atoms with Crippen molar-refractivity contribution in [3.05, 3.63) is 87.9 Å². The molecule has 2 aliphatic heterocycles. The molecule has 3 aromatic rings. The fourth-order valence-electron chi connectivity index (χ4n) is 10.8. The SMILES string of the molecule is CC[C@H](C)[C@@H]([C@@H](CC(=O)N1CCC[C@H]1[C@H](OC)[C@@H](C)C(=O)C[C@@H](Cc1ccccc1)c1nccs1)OC)N(C)C(=O)[C@@H](CC(=O)[C@H](C(C)C)N(C)CCOCCOCCON1C(=O)c2ccccc2C1=O)C(C)C. The average Bonchev–Trinajstić information content (AvgIpc) is 4.16. The summed E-state index contributed by atoms with van der Waals surface area (Å²) in [6, 6.07) is 15.5. The minimum absolute atomic E-state index is 0.0133. The van der Waals surface area contributed by atoms with Gasteiger partial charge >= 0.3 is 0 Å². The Balaban J connectivity index is 1.14. The number of rotatable bonds is 33. The molecule has 0 radical (unpaired) electrons. The van der Waals surface area contributed by atoms with Crippen LogP contribution in [-0.4, -0.2) is 165 Å². The van der Waals surface area contributed by atoms with E-state index in [0.717, 1.165) is 28.5 Å². The summed E-state index contributed by atoms with van der Waals surface area (Å²) >= 11 is 1.56. The van der Waals surface area contributed by atoms with E-state index >= 15 is 0 Å². The Morgan fingerprint density at radius 1 is 0.784 bits per heavy atom. The molecular weight excluding hydrogens is 963 g/mol. The Morgan fingerprint density at radius 3 is 2.00 bits per heavy atom. The van der Waals surface area contributed by atoms with Crippen LogP contribution in [0.3, 0.4) is 0 Å². The van der Waals surface area contributed by atoms with Gasteiger partial charge in [-0.15, -0.1) is 16.4 Å². The number of carbonyl (C=O) groups excluding carboxylic acids is 6. The third-order valence-corrected chi connectivity index (χ3v) is 16.0. The van der Waals surface area contributed by atoms with Crippen molar-refractivity contribution in [1.29, 1.82) is 0 Å². The van der Waals surface area contributed by atoms with Gasteiger partial charge in [0.15, 0.2) is 5.78 Å². The number of hydroxylamine groups is 2. The lowest BCUT2D eigenvalue weighted by atomic mass is 9.83. The first-order valence-corrected chi connectivity index (χ1v) is 27.4. The Labute approximate surface area is 443 Å². The lowest BCUT2D eigenvalue weighted by molar-refractivity contribution is -0.149. The number of fused-ring (bicyclic) bond motifs is 1. The number of ether oxygens (including phenoxy) is 4. The Hall–Kier alpha value is -4.75. The number of Topliss-reactive ketones (excluding diaryl/α,β-unsaturated/α-hetero) is 2. The third-order valence-electron chi connectivity index (χ3n) is 15.1. The second-order valence-electron chi connectivity index (χ2n) is 20.7. The zero-order chi connectivity index (χ0) is 54.1. The highest BCUT2D eigenvalue weighted by molar-refractivity contribution is 7.09. The van der Waals surface area contributed by atoms with Crippen molar-refractivity contribution in [2.45, 2.75) is 130 Å². The first-order valence-electron chi connectivity index (χ1n) is 26.5. The number of hydrogen-bond acceptors (Lipinski definition) is 14. The molecule has 5 rings (SSSR count). The van der Waals surface area contributed by atoms with Gasteiger partial charge in [-0.3, -0.25) is 38.5 Å². The minimum Gasteiger partial charge on any atom is -0.379 e. The van der Waals surface area contributed by atoms with E-state index in [0.29, 0.717) is 56.7 Å². The quantitative estimate of drug-likeness (QED) is 0.0428. The van der Waals surface area contributed by atoms with E-state index in [4.69, 9.17) is 23.8 Å². The minimum atomic E-state index is -0.633. The van der Waals surface area contributed by atoms with Crippen LogP contribution in [0.2, 0.25) is 0 Å². The van der Waals surface area contributed by atoms with Gasteiger partial charge in [-0.1, -0.05) is 97.4 Å². The van der Waals surface area contributed by atoms with Crippen LogP contribution in [0, 0.1) is 29.6 Å². The van der Waals surface area contributed by atoms with E-state index in [9.17, 15) is 28.8 Å². The topological polar surface area (TPSA) is 174 Å². The largest absolute Gasteiger partial charge is 0.379 e. The molecule has 1 saturated heterocycles. The van der Waals surface area contributed by atoms with E-state index in [1.165, 1.54) is 0 Å². The van der Waals surface area contributed by atoms with Crippen molar-refractivity contribution >= 4 is 46.5 Å². The van der Waals surface area contributed by atoms with E-state index in [-0.39, 0.29) is 85.8 Å². The Morgan fingerprint density at radius 2 is 1.42 bits per heavy atom.